The van der Waals surface area contributed by atoms with E-state index in [1.807, 2.05) is 0 Å². The molecule has 180 valence electrons. The molecule has 0 aliphatic carbocycles. The van der Waals surface area contributed by atoms with E-state index < -0.39 is 0 Å². The van der Waals surface area contributed by atoms with Gasteiger partial charge < -0.3 is 18.4 Å². The first-order chi connectivity index (χ1) is 15.4. The molecule has 2 aromatic heterocycles. The summed E-state index contributed by atoms with van der Waals surface area (Å²) in [5, 5.41) is 0. The predicted molar refractivity (Wildman–Crippen MR) is 143 cm³/mol. The Morgan fingerprint density at radius 3 is 1.12 bits per heavy atom. The maximum Gasteiger partial charge on any atom is 0.427 e. The van der Waals surface area contributed by atoms with Gasteiger partial charge >= 0.3 is 14.0 Å². The van der Waals surface area contributed by atoms with Crippen LogP contribution in [0.3, 0.4) is 0 Å². The summed E-state index contributed by atoms with van der Waals surface area (Å²) in [5.41, 5.74) is 8.59. The monoisotopic (exact) mass is 456 g/mol. The average Bonchev–Trinajstić information content (AvgIpc) is 3.27. The molecule has 3 aliphatic rings. The van der Waals surface area contributed by atoms with Crippen LogP contribution in [-0.2, 0) is 21.7 Å². The van der Waals surface area contributed by atoms with E-state index in [-0.39, 0.29) is 35.6 Å². The Morgan fingerprint density at radius 2 is 0.853 bits per heavy atom. The van der Waals surface area contributed by atoms with Crippen molar-refractivity contribution in [1.29, 1.82) is 0 Å². The summed E-state index contributed by atoms with van der Waals surface area (Å²) < 4.78 is 10.5. The van der Waals surface area contributed by atoms with Crippen molar-refractivity contribution in [2.75, 3.05) is 0 Å². The third-order valence-electron chi connectivity index (χ3n) is 7.55. The molecule has 5 heterocycles. The van der Waals surface area contributed by atoms with Gasteiger partial charge in [-0.25, -0.2) is 0 Å². The van der Waals surface area contributed by atoms with Gasteiger partial charge in [-0.2, -0.15) is 10.9 Å². The minimum absolute atomic E-state index is 0.0322. The van der Waals surface area contributed by atoms with Gasteiger partial charge in [-0.05, 0) is 0 Å². The Morgan fingerprint density at radius 1 is 0.529 bits per heavy atom. The molecule has 34 heavy (non-hydrogen) atoms. The molecule has 1 aromatic carbocycles. The van der Waals surface area contributed by atoms with E-state index in [0.29, 0.717) is 0 Å². The van der Waals surface area contributed by atoms with Crippen molar-refractivity contribution < 1.29 is 9.19 Å². The van der Waals surface area contributed by atoms with Crippen molar-refractivity contribution in [3.63, 3.8) is 0 Å². The highest BCUT2D eigenvalue weighted by atomic mass is 15.5. The van der Waals surface area contributed by atoms with E-state index in [9.17, 15) is 0 Å². The molecule has 6 rings (SSSR count). The molecule has 0 saturated heterocycles. The van der Waals surface area contributed by atoms with Crippen LogP contribution in [0.15, 0.2) is 36.4 Å². The zero-order chi connectivity index (χ0) is 25.2. The first kappa shape index (κ1) is 23.5. The minimum atomic E-state index is 0.0322. The Kier molecular flexibility index (Phi) is 4.64. The molecule has 2 radical (unpaired) electrons. The topological polar surface area (TPSA) is 17.6 Å². The summed E-state index contributed by atoms with van der Waals surface area (Å²) in [5.74, 6) is 0. The second-order valence-electron chi connectivity index (χ2n) is 14.6. The van der Waals surface area contributed by atoms with Gasteiger partial charge in [0.2, 0.25) is 0 Å². The summed E-state index contributed by atoms with van der Waals surface area (Å²) >= 11 is 0. The number of aromatic nitrogens is 4. The molecular formula is C28H42B2N4. The third kappa shape index (κ3) is 3.13. The first-order valence-electron chi connectivity index (χ1n) is 12.9. The van der Waals surface area contributed by atoms with Crippen LogP contribution in [-0.4, -0.2) is 23.2 Å². The number of benzene rings is 1. The maximum absolute atomic E-state index is 2.63. The summed E-state index contributed by atoms with van der Waals surface area (Å²) in [6.45, 7) is 28.4. The molecular weight excluding hydrogens is 414 g/mol. The SMILES string of the molecule is CC(C)(C)c1cc(C(C)(C)C)[n+]2n1[B@-]1c3ccccc3[B@@-]2n2c(C(C)(C)C)cc(C(C)(C)C)[n+]21. The van der Waals surface area contributed by atoms with Gasteiger partial charge in [0.05, 0.1) is 0 Å². The van der Waals surface area contributed by atoms with Gasteiger partial charge in [-0.3, -0.25) is 0 Å². The van der Waals surface area contributed by atoms with Crippen LogP contribution in [0.2, 0.25) is 0 Å². The molecule has 0 unspecified atom stereocenters. The van der Waals surface area contributed by atoms with Crippen LogP contribution < -0.4 is 20.1 Å². The quantitative estimate of drug-likeness (QED) is 0.319. The van der Waals surface area contributed by atoms with E-state index in [1.54, 1.807) is 0 Å². The van der Waals surface area contributed by atoms with Crippen LogP contribution in [0.4, 0.5) is 0 Å². The molecule has 0 atom stereocenters. The molecule has 6 heteroatoms. The lowest BCUT2D eigenvalue weighted by Crippen LogP contribution is -2.95. The summed E-state index contributed by atoms with van der Waals surface area (Å²) in [6, 6.07) is 14.1. The van der Waals surface area contributed by atoms with Crippen LogP contribution in [0.25, 0.3) is 0 Å². The highest BCUT2D eigenvalue weighted by molar-refractivity contribution is 6.79. The van der Waals surface area contributed by atoms with Crippen LogP contribution >= 0.6 is 0 Å². The van der Waals surface area contributed by atoms with Gasteiger partial charge in [0, 0.05) is 45.2 Å². The van der Waals surface area contributed by atoms with Gasteiger partial charge in [0.25, 0.3) is 0 Å². The number of hydrogen-bond donors (Lipinski definition) is 0. The first-order valence-corrected chi connectivity index (χ1v) is 12.9. The van der Waals surface area contributed by atoms with Crippen molar-refractivity contribution in [2.24, 2.45) is 0 Å². The lowest BCUT2D eigenvalue weighted by molar-refractivity contribution is -0.711. The molecule has 2 bridgehead atoms. The van der Waals surface area contributed by atoms with Crippen molar-refractivity contribution in [3.05, 3.63) is 59.2 Å². The Hall–Kier alpha value is -2.23. The summed E-state index contributed by atoms with van der Waals surface area (Å²) in [4.78, 5) is 0. The van der Waals surface area contributed by atoms with E-state index in [0.717, 1.165) is 0 Å². The minimum Gasteiger partial charge on any atom is -0.358 e. The van der Waals surface area contributed by atoms with Gasteiger partial charge in [0.15, 0.2) is 11.4 Å². The molecule has 0 spiro atoms. The van der Waals surface area contributed by atoms with Crippen LogP contribution in [0, 0.1) is 0 Å². The van der Waals surface area contributed by atoms with Gasteiger partial charge in [-0.1, -0.05) is 107 Å². The largest absolute Gasteiger partial charge is 0.427 e. The molecule has 0 N–H and O–H groups in total. The molecule has 4 nitrogen and oxygen atoms in total. The average molecular weight is 456 g/mol. The van der Waals surface area contributed by atoms with Crippen molar-refractivity contribution >= 4 is 24.9 Å². The normalized spacial score (nSPS) is 16.6. The lowest BCUT2D eigenvalue weighted by atomic mass is 9.49. The maximum atomic E-state index is 2.63. The second-order valence-corrected chi connectivity index (χ2v) is 14.6. The number of nitrogens with zero attached hydrogens (tertiary/aromatic N) is 4. The van der Waals surface area contributed by atoms with Crippen LogP contribution in [0.1, 0.15) is 106 Å². The van der Waals surface area contributed by atoms with Crippen molar-refractivity contribution in [1.82, 2.24) is 9.19 Å². The Labute approximate surface area is 207 Å². The van der Waals surface area contributed by atoms with Gasteiger partial charge in [0.1, 0.15) is 0 Å². The smallest absolute Gasteiger partial charge is 0.358 e. The molecule has 0 fully saturated rings. The lowest BCUT2D eigenvalue weighted by Gasteiger charge is -2.49. The summed E-state index contributed by atoms with van der Waals surface area (Å²) in [7, 11) is 0. The zero-order valence-corrected chi connectivity index (χ0v) is 23.4. The molecule has 0 amide bonds. The third-order valence-corrected chi connectivity index (χ3v) is 7.55. The fraction of sp³-hybridized carbons (Fsp3) is 0.571. The molecule has 3 aliphatic heterocycles. The van der Waals surface area contributed by atoms with E-state index in [2.05, 4.69) is 138 Å². The highest BCUT2D eigenvalue weighted by Crippen LogP contribution is 2.33. The predicted octanol–water partition coefficient (Wildman–Crippen LogP) is 3.27. The fourth-order valence-electron chi connectivity index (χ4n) is 5.94. The van der Waals surface area contributed by atoms with E-state index >= 15 is 0 Å². The van der Waals surface area contributed by atoms with Crippen molar-refractivity contribution in [2.45, 2.75) is 105 Å². The van der Waals surface area contributed by atoms with Crippen molar-refractivity contribution in [3.8, 4) is 0 Å². The van der Waals surface area contributed by atoms with E-state index in [1.165, 1.54) is 33.7 Å². The Bertz CT molecular complexity index is 1130. The number of hydrogen-bond acceptors (Lipinski definition) is 0. The molecule has 0 saturated carbocycles. The zero-order valence-electron chi connectivity index (χ0n) is 23.4. The standard InChI is InChI=1S/C28H42B2N4/c1-25(2,3)21-17-22(26(4,5)6)32-30-20-16-14-13-15-19(20)29(31(21)32)33-23(27(7,8)9)18-24(34(30)33)28(10,11)12/h13-18H,1-12H3. The van der Waals surface area contributed by atoms with E-state index in [4.69, 9.17) is 0 Å². The highest BCUT2D eigenvalue weighted by Gasteiger charge is 2.52. The van der Waals surface area contributed by atoms with Gasteiger partial charge in [-0.15, -0.1) is 0 Å². The Balaban J connectivity index is 1.99. The molecule has 3 aromatic rings. The fourth-order valence-corrected chi connectivity index (χ4v) is 5.94. The summed E-state index contributed by atoms with van der Waals surface area (Å²) in [6.07, 6.45) is 0. The number of rotatable bonds is 0. The van der Waals surface area contributed by atoms with Crippen LogP contribution in [0.5, 0.6) is 0 Å². The second kappa shape index (κ2) is 6.71.